The van der Waals surface area contributed by atoms with Crippen LogP contribution >= 0.6 is 0 Å². The summed E-state index contributed by atoms with van der Waals surface area (Å²) in [5.41, 5.74) is -0.759. The number of rotatable bonds is 4. The van der Waals surface area contributed by atoms with Crippen molar-refractivity contribution in [2.24, 2.45) is 5.92 Å². The molecule has 0 unspecified atom stereocenters. The molecular weight excluding hydrogens is 282 g/mol. The Morgan fingerprint density at radius 2 is 1.86 bits per heavy atom. The molecule has 0 bridgehead atoms. The summed E-state index contributed by atoms with van der Waals surface area (Å²) in [5.74, 6) is 0.498. The molecule has 6 nitrogen and oxygen atoms in total. The zero-order valence-corrected chi connectivity index (χ0v) is 13.4. The molecule has 124 valence electrons. The summed E-state index contributed by atoms with van der Waals surface area (Å²) in [6, 6.07) is 0.264. The predicted molar refractivity (Wildman–Crippen MR) is 82.1 cm³/mol. The molecule has 2 saturated heterocycles. The normalized spacial score (nSPS) is 30.5. The number of β-amino-alcohol motifs (C(OH)–C–C–N with tert-alkyl or cyclic N) is 1. The zero-order chi connectivity index (χ0) is 15.7. The van der Waals surface area contributed by atoms with Crippen molar-refractivity contribution in [3.63, 3.8) is 0 Å². The molecule has 3 fully saturated rings. The van der Waals surface area contributed by atoms with Gasteiger partial charge >= 0.3 is 0 Å². The van der Waals surface area contributed by atoms with E-state index in [1.807, 2.05) is 4.90 Å². The van der Waals surface area contributed by atoms with E-state index in [-0.39, 0.29) is 23.8 Å². The first-order valence-corrected chi connectivity index (χ1v) is 8.46. The van der Waals surface area contributed by atoms with E-state index in [0.717, 1.165) is 38.8 Å². The Kier molecular flexibility index (Phi) is 4.41. The second-order valence-corrected chi connectivity index (χ2v) is 7.26. The smallest absolute Gasteiger partial charge is 0.225 e. The van der Waals surface area contributed by atoms with E-state index < -0.39 is 5.60 Å². The molecule has 2 N–H and O–H groups in total. The van der Waals surface area contributed by atoms with Crippen molar-refractivity contribution < 1.29 is 14.7 Å². The minimum absolute atomic E-state index is 0.0297. The van der Waals surface area contributed by atoms with Gasteiger partial charge in [0.05, 0.1) is 12.1 Å². The summed E-state index contributed by atoms with van der Waals surface area (Å²) < 4.78 is 0. The lowest BCUT2D eigenvalue weighted by Gasteiger charge is -2.36. The fraction of sp³-hybridized carbons (Fsp3) is 0.875. The van der Waals surface area contributed by atoms with Crippen LogP contribution in [0, 0.1) is 5.92 Å². The maximum absolute atomic E-state index is 12.1. The van der Waals surface area contributed by atoms with Crippen LogP contribution < -0.4 is 5.32 Å². The number of nitrogens with one attached hydrogen (secondary N) is 1. The number of hydrogen-bond acceptors (Lipinski definition) is 4. The maximum Gasteiger partial charge on any atom is 0.225 e. The summed E-state index contributed by atoms with van der Waals surface area (Å²) in [6.45, 7) is 5.14. The van der Waals surface area contributed by atoms with Gasteiger partial charge in [0.15, 0.2) is 0 Å². The molecule has 0 spiro atoms. The predicted octanol–water partition coefficient (Wildman–Crippen LogP) is -0.0397. The SMILES string of the molecule is CC(=O)NC1CCN(C[C@]2(O)CCN(C(=O)C3CC3)C2)CC1. The molecule has 0 aromatic carbocycles. The van der Waals surface area contributed by atoms with Gasteiger partial charge in [0.1, 0.15) is 0 Å². The molecular formula is C16H27N3O3. The molecule has 3 rings (SSSR count). The first-order chi connectivity index (χ1) is 10.5. The van der Waals surface area contributed by atoms with E-state index in [4.69, 9.17) is 0 Å². The Morgan fingerprint density at radius 1 is 1.18 bits per heavy atom. The fourth-order valence-electron chi connectivity index (χ4n) is 3.70. The van der Waals surface area contributed by atoms with Gasteiger partial charge in [0, 0.05) is 45.1 Å². The van der Waals surface area contributed by atoms with Crippen LogP contribution in [0.3, 0.4) is 0 Å². The number of hydrogen-bond donors (Lipinski definition) is 2. The molecule has 1 atom stereocenters. The van der Waals surface area contributed by atoms with Crippen LogP contribution in [-0.2, 0) is 9.59 Å². The molecule has 6 heteroatoms. The number of carbonyl (C=O) groups is 2. The van der Waals surface area contributed by atoms with Crippen molar-refractivity contribution in [1.82, 2.24) is 15.1 Å². The summed E-state index contributed by atoms with van der Waals surface area (Å²) in [6.07, 6.45) is 4.58. The first-order valence-electron chi connectivity index (χ1n) is 8.46. The lowest BCUT2D eigenvalue weighted by atomic mass is 9.99. The molecule has 1 aliphatic carbocycles. The van der Waals surface area contributed by atoms with E-state index in [9.17, 15) is 14.7 Å². The van der Waals surface area contributed by atoms with Crippen molar-refractivity contribution in [1.29, 1.82) is 0 Å². The molecule has 2 aliphatic heterocycles. The fourth-order valence-corrected chi connectivity index (χ4v) is 3.70. The summed E-state index contributed by atoms with van der Waals surface area (Å²) in [5, 5.41) is 13.7. The molecule has 0 aromatic heterocycles. The number of likely N-dealkylation sites (tertiary alicyclic amines) is 2. The monoisotopic (exact) mass is 309 g/mol. The minimum atomic E-state index is -0.759. The Balaban J connectivity index is 1.45. The Hall–Kier alpha value is -1.14. The van der Waals surface area contributed by atoms with Crippen LogP contribution in [0.2, 0.25) is 0 Å². The molecule has 2 amide bonds. The van der Waals surface area contributed by atoms with E-state index in [1.54, 1.807) is 6.92 Å². The van der Waals surface area contributed by atoms with Crippen molar-refractivity contribution >= 4 is 11.8 Å². The minimum Gasteiger partial charge on any atom is -0.387 e. The molecule has 3 aliphatic rings. The number of aliphatic hydroxyl groups is 1. The summed E-state index contributed by atoms with van der Waals surface area (Å²) in [4.78, 5) is 27.3. The van der Waals surface area contributed by atoms with Crippen LogP contribution in [0.25, 0.3) is 0 Å². The van der Waals surface area contributed by atoms with E-state index in [1.165, 1.54) is 0 Å². The lowest BCUT2D eigenvalue weighted by molar-refractivity contribution is -0.132. The second kappa shape index (κ2) is 6.16. The average Bonchev–Trinajstić information content (AvgIpc) is 3.23. The highest BCUT2D eigenvalue weighted by molar-refractivity contribution is 5.81. The molecule has 0 radical (unpaired) electrons. The highest BCUT2D eigenvalue weighted by Gasteiger charge is 2.43. The number of amides is 2. The van der Waals surface area contributed by atoms with Gasteiger partial charge in [-0.25, -0.2) is 0 Å². The van der Waals surface area contributed by atoms with E-state index in [2.05, 4.69) is 10.2 Å². The Morgan fingerprint density at radius 3 is 2.45 bits per heavy atom. The van der Waals surface area contributed by atoms with Gasteiger partial charge in [0.25, 0.3) is 0 Å². The Bertz CT molecular complexity index is 444. The van der Waals surface area contributed by atoms with E-state index in [0.29, 0.717) is 26.1 Å². The van der Waals surface area contributed by atoms with E-state index >= 15 is 0 Å². The van der Waals surface area contributed by atoms with Crippen LogP contribution in [0.4, 0.5) is 0 Å². The first kappa shape index (κ1) is 15.7. The van der Waals surface area contributed by atoms with Gasteiger partial charge in [-0.2, -0.15) is 0 Å². The molecule has 1 saturated carbocycles. The van der Waals surface area contributed by atoms with Crippen molar-refractivity contribution in [2.75, 3.05) is 32.7 Å². The molecule has 0 aromatic rings. The van der Waals surface area contributed by atoms with Gasteiger partial charge in [-0.05, 0) is 32.1 Å². The van der Waals surface area contributed by atoms with Gasteiger partial charge in [-0.15, -0.1) is 0 Å². The second-order valence-electron chi connectivity index (χ2n) is 7.26. The quantitative estimate of drug-likeness (QED) is 0.764. The van der Waals surface area contributed by atoms with Gasteiger partial charge in [0.2, 0.25) is 11.8 Å². The molecule has 2 heterocycles. The number of piperidine rings is 1. The summed E-state index contributed by atoms with van der Waals surface area (Å²) in [7, 11) is 0. The van der Waals surface area contributed by atoms with Crippen molar-refractivity contribution in [2.45, 2.75) is 50.7 Å². The summed E-state index contributed by atoms with van der Waals surface area (Å²) >= 11 is 0. The van der Waals surface area contributed by atoms with Crippen LogP contribution in [0.1, 0.15) is 39.0 Å². The third-order valence-electron chi connectivity index (χ3n) is 5.08. The van der Waals surface area contributed by atoms with Crippen LogP contribution in [-0.4, -0.2) is 71.1 Å². The topological polar surface area (TPSA) is 72.9 Å². The third kappa shape index (κ3) is 3.79. The third-order valence-corrected chi connectivity index (χ3v) is 5.08. The van der Waals surface area contributed by atoms with Crippen LogP contribution in [0.5, 0.6) is 0 Å². The van der Waals surface area contributed by atoms with Gasteiger partial charge < -0.3 is 20.2 Å². The van der Waals surface area contributed by atoms with Gasteiger partial charge in [-0.1, -0.05) is 0 Å². The Labute approximate surface area is 131 Å². The largest absolute Gasteiger partial charge is 0.387 e. The van der Waals surface area contributed by atoms with Crippen molar-refractivity contribution in [3.8, 4) is 0 Å². The highest BCUT2D eigenvalue weighted by Crippen LogP contribution is 2.34. The maximum atomic E-state index is 12.1. The lowest BCUT2D eigenvalue weighted by Crippen LogP contribution is -2.50. The molecule has 22 heavy (non-hydrogen) atoms. The highest BCUT2D eigenvalue weighted by atomic mass is 16.3. The average molecular weight is 309 g/mol. The number of nitrogens with zero attached hydrogens (tertiary/aromatic N) is 2. The number of carbonyl (C=O) groups excluding carboxylic acids is 2. The van der Waals surface area contributed by atoms with Crippen LogP contribution in [0.15, 0.2) is 0 Å². The zero-order valence-electron chi connectivity index (χ0n) is 13.4. The van der Waals surface area contributed by atoms with Crippen molar-refractivity contribution in [3.05, 3.63) is 0 Å². The van der Waals surface area contributed by atoms with Gasteiger partial charge in [-0.3, -0.25) is 9.59 Å². The standard InChI is InChI=1S/C16H27N3O3/c1-12(20)17-14-4-7-18(8-5-14)10-16(22)6-9-19(11-16)15(21)13-2-3-13/h13-14,22H,2-11H2,1H3,(H,17,20)/t16-/m1/s1.